The van der Waals surface area contributed by atoms with E-state index in [2.05, 4.69) is 4.74 Å². The second-order valence-electron chi connectivity index (χ2n) is 6.65. The summed E-state index contributed by atoms with van der Waals surface area (Å²) in [6, 6.07) is 0. The largest absolute Gasteiger partial charge is 0.427 e. The van der Waals surface area contributed by atoms with Gasteiger partial charge in [-0.25, -0.2) is 0 Å². The minimum atomic E-state index is -6.32. The SMILES string of the molecule is CCC(C)OC(C1C=CC(C(O)(C(F)(F)F)C(F)(F)F)C=C1)(C(F)(F)F)C(F)(F)F. The Morgan fingerprint density at radius 1 is 0.700 bits per heavy atom. The maximum Gasteiger partial charge on any atom is 0.427 e. The minimum absolute atomic E-state index is 0.128. The summed E-state index contributed by atoms with van der Waals surface area (Å²) in [6.07, 6.45) is -27.5. The number of halogens is 12. The molecule has 2 nitrogen and oxygen atoms in total. The molecule has 0 aromatic heterocycles. The maximum atomic E-state index is 13.5. The molecule has 0 aromatic carbocycles. The van der Waals surface area contributed by atoms with Crippen LogP contribution in [-0.4, -0.2) is 47.1 Å². The van der Waals surface area contributed by atoms with Crippen molar-refractivity contribution in [2.75, 3.05) is 0 Å². The van der Waals surface area contributed by atoms with E-state index >= 15 is 0 Å². The van der Waals surface area contributed by atoms with Gasteiger partial charge in [0.05, 0.1) is 6.10 Å². The third-order valence-electron chi connectivity index (χ3n) is 4.67. The molecule has 1 unspecified atom stereocenters. The lowest BCUT2D eigenvalue weighted by Gasteiger charge is -2.44. The van der Waals surface area contributed by atoms with E-state index in [9.17, 15) is 57.8 Å². The Morgan fingerprint density at radius 2 is 1.03 bits per heavy atom. The van der Waals surface area contributed by atoms with E-state index in [0.717, 1.165) is 6.92 Å². The van der Waals surface area contributed by atoms with E-state index in [1.807, 2.05) is 0 Å². The molecule has 1 aliphatic carbocycles. The van der Waals surface area contributed by atoms with Gasteiger partial charge in [0.2, 0.25) is 0 Å². The quantitative estimate of drug-likeness (QED) is 0.404. The lowest BCUT2D eigenvalue weighted by atomic mass is 9.76. The van der Waals surface area contributed by atoms with Crippen LogP contribution in [0, 0.1) is 11.8 Å². The van der Waals surface area contributed by atoms with Crippen molar-refractivity contribution in [2.45, 2.75) is 62.3 Å². The molecule has 0 fully saturated rings. The van der Waals surface area contributed by atoms with Crippen molar-refractivity contribution >= 4 is 0 Å². The highest BCUT2D eigenvalue weighted by atomic mass is 19.4. The smallest absolute Gasteiger partial charge is 0.373 e. The van der Waals surface area contributed by atoms with Gasteiger partial charge in [-0.2, -0.15) is 52.7 Å². The average molecular weight is 468 g/mol. The molecule has 14 heteroatoms. The van der Waals surface area contributed by atoms with Crippen molar-refractivity contribution in [3.63, 3.8) is 0 Å². The van der Waals surface area contributed by atoms with Crippen LogP contribution in [-0.2, 0) is 4.74 Å². The van der Waals surface area contributed by atoms with Crippen molar-refractivity contribution in [1.82, 2.24) is 0 Å². The zero-order valence-corrected chi connectivity index (χ0v) is 15.1. The van der Waals surface area contributed by atoms with Crippen LogP contribution < -0.4 is 0 Å². The van der Waals surface area contributed by atoms with E-state index in [1.54, 1.807) is 0 Å². The Balaban J connectivity index is 3.54. The van der Waals surface area contributed by atoms with Crippen molar-refractivity contribution in [3.8, 4) is 0 Å². The van der Waals surface area contributed by atoms with Crippen LogP contribution in [0.15, 0.2) is 24.3 Å². The third kappa shape index (κ3) is 4.30. The lowest BCUT2D eigenvalue weighted by Crippen LogP contribution is -2.64. The standard InChI is InChI=1S/C16H16F12O2/c1-3-8(2)30-12(15(23,24)25,16(26,27)28)10-6-4-9(5-7-10)11(29,13(17,18)19)14(20,21)22/h4-10,29H,3H2,1-2H3. The first kappa shape index (κ1) is 26.6. The van der Waals surface area contributed by atoms with Gasteiger partial charge in [0.15, 0.2) is 0 Å². The maximum absolute atomic E-state index is 13.5. The van der Waals surface area contributed by atoms with Crippen molar-refractivity contribution in [3.05, 3.63) is 24.3 Å². The van der Waals surface area contributed by atoms with E-state index in [4.69, 9.17) is 0 Å². The molecular weight excluding hydrogens is 452 g/mol. The second kappa shape index (κ2) is 7.92. The van der Waals surface area contributed by atoms with Crippen LogP contribution in [0.1, 0.15) is 20.3 Å². The molecule has 1 N–H and O–H groups in total. The fraction of sp³-hybridized carbons (Fsp3) is 0.750. The predicted molar refractivity (Wildman–Crippen MR) is 78.0 cm³/mol. The van der Waals surface area contributed by atoms with Gasteiger partial charge in [-0.1, -0.05) is 31.2 Å². The highest BCUT2D eigenvalue weighted by molar-refractivity contribution is 5.26. The molecule has 0 heterocycles. The van der Waals surface area contributed by atoms with Crippen molar-refractivity contribution in [2.24, 2.45) is 11.8 Å². The van der Waals surface area contributed by atoms with Crippen LogP contribution >= 0.6 is 0 Å². The molecule has 0 radical (unpaired) electrons. The molecule has 1 atom stereocenters. The number of rotatable bonds is 5. The lowest BCUT2D eigenvalue weighted by molar-refractivity contribution is -0.397. The normalized spacial score (nSPS) is 23.0. The average Bonchev–Trinajstić information content (AvgIpc) is 2.54. The van der Waals surface area contributed by atoms with E-state index in [-0.39, 0.29) is 30.7 Å². The highest BCUT2D eigenvalue weighted by Gasteiger charge is 2.76. The molecule has 0 saturated heterocycles. The molecule has 0 amide bonds. The molecule has 0 spiro atoms. The van der Waals surface area contributed by atoms with Gasteiger partial charge in [0.1, 0.15) is 0 Å². The number of hydrogen-bond donors (Lipinski definition) is 1. The monoisotopic (exact) mass is 468 g/mol. The van der Waals surface area contributed by atoms with Gasteiger partial charge >= 0.3 is 24.7 Å². The minimum Gasteiger partial charge on any atom is -0.373 e. The van der Waals surface area contributed by atoms with E-state index < -0.39 is 53.8 Å². The Bertz CT molecular complexity index is 611. The molecular formula is C16H16F12O2. The van der Waals surface area contributed by atoms with Gasteiger partial charge in [-0.05, 0) is 13.3 Å². The number of ether oxygens (including phenoxy) is 1. The first-order valence-electron chi connectivity index (χ1n) is 8.20. The summed E-state index contributed by atoms with van der Waals surface area (Å²) in [5.74, 6) is -5.86. The summed E-state index contributed by atoms with van der Waals surface area (Å²) in [7, 11) is 0. The van der Waals surface area contributed by atoms with Crippen LogP contribution in [0.25, 0.3) is 0 Å². The molecule has 0 aromatic rings. The number of hydrogen-bond acceptors (Lipinski definition) is 2. The van der Waals surface area contributed by atoms with Crippen molar-refractivity contribution < 1.29 is 62.5 Å². The second-order valence-corrected chi connectivity index (χ2v) is 6.65. The molecule has 30 heavy (non-hydrogen) atoms. The van der Waals surface area contributed by atoms with Crippen LogP contribution in [0.3, 0.4) is 0 Å². The summed E-state index contributed by atoms with van der Waals surface area (Å²) in [4.78, 5) is 0. The molecule has 0 aliphatic heterocycles. The summed E-state index contributed by atoms with van der Waals surface area (Å²) in [5.41, 5.74) is -10.4. The Kier molecular flexibility index (Phi) is 7.02. The first-order valence-corrected chi connectivity index (χ1v) is 8.20. The Morgan fingerprint density at radius 3 is 1.30 bits per heavy atom. The molecule has 176 valence electrons. The van der Waals surface area contributed by atoms with E-state index in [1.165, 1.54) is 6.92 Å². The number of aliphatic hydroxyl groups is 1. The Labute approximate surface area is 162 Å². The van der Waals surface area contributed by atoms with Crippen LogP contribution in [0.4, 0.5) is 52.7 Å². The van der Waals surface area contributed by atoms with Crippen molar-refractivity contribution in [1.29, 1.82) is 0 Å². The Hall–Kier alpha value is -1.44. The summed E-state index contributed by atoms with van der Waals surface area (Å²) >= 11 is 0. The van der Waals surface area contributed by atoms with Gasteiger partial charge in [0, 0.05) is 11.8 Å². The van der Waals surface area contributed by atoms with Crippen LogP contribution in [0.2, 0.25) is 0 Å². The summed E-state index contributed by atoms with van der Waals surface area (Å²) in [6.45, 7) is 2.09. The first-order chi connectivity index (χ1) is 13.2. The van der Waals surface area contributed by atoms with Gasteiger partial charge in [-0.15, -0.1) is 0 Å². The van der Waals surface area contributed by atoms with Gasteiger partial charge in [-0.3, -0.25) is 0 Å². The van der Waals surface area contributed by atoms with Gasteiger partial charge in [0.25, 0.3) is 11.2 Å². The molecule has 0 bridgehead atoms. The summed E-state index contributed by atoms with van der Waals surface area (Å²) < 4.78 is 163. The third-order valence-corrected chi connectivity index (χ3v) is 4.67. The fourth-order valence-corrected chi connectivity index (χ4v) is 2.85. The molecule has 1 rings (SSSR count). The van der Waals surface area contributed by atoms with Gasteiger partial charge < -0.3 is 9.84 Å². The highest BCUT2D eigenvalue weighted by Crippen LogP contribution is 2.54. The zero-order chi connectivity index (χ0) is 24.0. The molecule has 1 aliphatic rings. The zero-order valence-electron chi connectivity index (χ0n) is 15.1. The van der Waals surface area contributed by atoms with Crippen LogP contribution in [0.5, 0.6) is 0 Å². The predicted octanol–water partition coefficient (Wildman–Crippen LogP) is 5.88. The fourth-order valence-electron chi connectivity index (χ4n) is 2.85. The summed E-state index contributed by atoms with van der Waals surface area (Å²) in [5, 5.41) is 9.27. The number of alkyl halides is 12. The topological polar surface area (TPSA) is 29.5 Å². The molecule has 0 saturated carbocycles. The van der Waals surface area contributed by atoms with E-state index in [0.29, 0.717) is 0 Å².